The summed E-state index contributed by atoms with van der Waals surface area (Å²) < 4.78 is 13.2. The molecule has 0 unspecified atom stereocenters. The summed E-state index contributed by atoms with van der Waals surface area (Å²) in [6.45, 7) is 2.34. The van der Waals surface area contributed by atoms with E-state index in [0.717, 1.165) is 0 Å². The first-order valence-electron chi connectivity index (χ1n) is 4.17. The molecule has 1 aromatic rings. The predicted octanol–water partition coefficient (Wildman–Crippen LogP) is 2.53. The van der Waals surface area contributed by atoms with Crippen LogP contribution in [0.3, 0.4) is 0 Å². The van der Waals surface area contributed by atoms with Crippen LogP contribution in [0.4, 0.5) is 4.39 Å². The third-order valence-corrected chi connectivity index (χ3v) is 1.88. The standard InChI is InChI=1S/C11H12FN.ClH/c1-3-8-13-9(2)10-6-4-5-7-11(10)12;/h1,4-7,9,13H,8H2,2H3;1H/t9-;/m1./s1. The van der Waals surface area contributed by atoms with Gasteiger partial charge in [-0.3, -0.25) is 5.32 Å². The van der Waals surface area contributed by atoms with Crippen molar-refractivity contribution in [3.05, 3.63) is 35.6 Å². The van der Waals surface area contributed by atoms with Gasteiger partial charge in [0.2, 0.25) is 0 Å². The monoisotopic (exact) mass is 213 g/mol. The van der Waals surface area contributed by atoms with E-state index in [4.69, 9.17) is 6.42 Å². The van der Waals surface area contributed by atoms with Gasteiger partial charge >= 0.3 is 0 Å². The highest BCUT2D eigenvalue weighted by Gasteiger charge is 2.07. The summed E-state index contributed by atoms with van der Waals surface area (Å²) in [4.78, 5) is 0. The molecule has 1 nitrogen and oxygen atoms in total. The second kappa shape index (κ2) is 6.42. The van der Waals surface area contributed by atoms with Crippen molar-refractivity contribution in [1.82, 2.24) is 5.32 Å². The van der Waals surface area contributed by atoms with Crippen LogP contribution in [-0.2, 0) is 0 Å². The summed E-state index contributed by atoms with van der Waals surface area (Å²) in [5.74, 6) is 2.26. The van der Waals surface area contributed by atoms with Crippen molar-refractivity contribution in [3.8, 4) is 12.3 Å². The first-order chi connectivity index (χ1) is 6.25. The average molecular weight is 214 g/mol. The van der Waals surface area contributed by atoms with Crippen LogP contribution in [0.15, 0.2) is 24.3 Å². The highest BCUT2D eigenvalue weighted by atomic mass is 35.5. The molecule has 76 valence electrons. The Hall–Kier alpha value is -1.04. The lowest BCUT2D eigenvalue weighted by atomic mass is 10.1. The Bertz CT molecular complexity index is 319. The number of nitrogens with one attached hydrogen (secondary N) is 1. The van der Waals surface area contributed by atoms with Crippen LogP contribution < -0.4 is 5.32 Å². The maximum absolute atomic E-state index is 13.2. The van der Waals surface area contributed by atoms with Gasteiger partial charge in [-0.2, -0.15) is 0 Å². The third kappa shape index (κ3) is 3.37. The van der Waals surface area contributed by atoms with Gasteiger partial charge in [-0.25, -0.2) is 4.39 Å². The lowest BCUT2D eigenvalue weighted by Crippen LogP contribution is -2.19. The average Bonchev–Trinajstić information content (AvgIpc) is 2.15. The minimum atomic E-state index is -0.195. The van der Waals surface area contributed by atoms with E-state index in [0.29, 0.717) is 12.1 Å². The summed E-state index contributed by atoms with van der Waals surface area (Å²) in [6.07, 6.45) is 5.09. The fourth-order valence-corrected chi connectivity index (χ4v) is 1.15. The molecule has 1 atom stereocenters. The molecule has 0 fully saturated rings. The molecule has 14 heavy (non-hydrogen) atoms. The third-order valence-electron chi connectivity index (χ3n) is 1.88. The summed E-state index contributed by atoms with van der Waals surface area (Å²) in [5, 5.41) is 3.01. The number of benzene rings is 1. The summed E-state index contributed by atoms with van der Waals surface area (Å²) in [5.41, 5.74) is 0.651. The van der Waals surface area contributed by atoms with Crippen LogP contribution in [0.1, 0.15) is 18.5 Å². The quantitative estimate of drug-likeness (QED) is 0.761. The molecule has 0 amide bonds. The fraction of sp³-hybridized carbons (Fsp3) is 0.273. The van der Waals surface area contributed by atoms with E-state index in [1.54, 1.807) is 12.1 Å². The van der Waals surface area contributed by atoms with Crippen molar-refractivity contribution >= 4 is 12.4 Å². The molecule has 0 aliphatic rings. The number of rotatable bonds is 3. The van der Waals surface area contributed by atoms with Gasteiger partial charge in [-0.05, 0) is 13.0 Å². The lowest BCUT2D eigenvalue weighted by Gasteiger charge is -2.12. The van der Waals surface area contributed by atoms with Gasteiger partial charge in [0.25, 0.3) is 0 Å². The van der Waals surface area contributed by atoms with E-state index in [9.17, 15) is 4.39 Å². The van der Waals surface area contributed by atoms with E-state index in [-0.39, 0.29) is 24.3 Å². The zero-order valence-electron chi connectivity index (χ0n) is 7.96. The molecular formula is C11H13ClFN. The normalized spacial score (nSPS) is 11.2. The van der Waals surface area contributed by atoms with Crippen molar-refractivity contribution in [1.29, 1.82) is 0 Å². The Kier molecular flexibility index (Phi) is 5.94. The van der Waals surface area contributed by atoms with Crippen molar-refractivity contribution in [2.75, 3.05) is 6.54 Å². The zero-order valence-corrected chi connectivity index (χ0v) is 8.77. The summed E-state index contributed by atoms with van der Waals surface area (Å²) in [7, 11) is 0. The fourth-order valence-electron chi connectivity index (χ4n) is 1.15. The molecule has 0 aliphatic heterocycles. The van der Waals surface area contributed by atoms with Gasteiger partial charge in [-0.1, -0.05) is 24.1 Å². The van der Waals surface area contributed by atoms with Crippen molar-refractivity contribution in [2.24, 2.45) is 0 Å². The van der Waals surface area contributed by atoms with Crippen molar-refractivity contribution in [2.45, 2.75) is 13.0 Å². The second-order valence-corrected chi connectivity index (χ2v) is 2.83. The van der Waals surface area contributed by atoms with E-state index < -0.39 is 0 Å². The van der Waals surface area contributed by atoms with E-state index in [1.807, 2.05) is 13.0 Å². The maximum atomic E-state index is 13.2. The first-order valence-corrected chi connectivity index (χ1v) is 4.17. The minimum Gasteiger partial charge on any atom is -0.299 e. The lowest BCUT2D eigenvalue weighted by molar-refractivity contribution is 0.551. The molecule has 0 heterocycles. The van der Waals surface area contributed by atoms with Gasteiger partial charge < -0.3 is 0 Å². The van der Waals surface area contributed by atoms with E-state index >= 15 is 0 Å². The van der Waals surface area contributed by atoms with Crippen LogP contribution >= 0.6 is 12.4 Å². The summed E-state index contributed by atoms with van der Waals surface area (Å²) in [6, 6.07) is 6.64. The Labute approximate surface area is 90.1 Å². The van der Waals surface area contributed by atoms with Crippen LogP contribution in [0.25, 0.3) is 0 Å². The molecule has 1 N–H and O–H groups in total. The molecule has 0 saturated carbocycles. The molecule has 0 aromatic heterocycles. The van der Waals surface area contributed by atoms with E-state index in [2.05, 4.69) is 11.2 Å². The topological polar surface area (TPSA) is 12.0 Å². The van der Waals surface area contributed by atoms with Gasteiger partial charge in [0.05, 0.1) is 6.54 Å². The SMILES string of the molecule is C#CCN[C@H](C)c1ccccc1F.Cl. The highest BCUT2D eigenvalue weighted by Crippen LogP contribution is 2.15. The molecule has 1 rings (SSSR count). The molecule has 0 saturated heterocycles. The predicted molar refractivity (Wildman–Crippen MR) is 58.9 cm³/mol. The highest BCUT2D eigenvalue weighted by molar-refractivity contribution is 5.85. The zero-order chi connectivity index (χ0) is 9.68. The Balaban J connectivity index is 0.00000169. The van der Waals surface area contributed by atoms with Crippen molar-refractivity contribution < 1.29 is 4.39 Å². The molecule has 0 bridgehead atoms. The van der Waals surface area contributed by atoms with Crippen LogP contribution in [-0.4, -0.2) is 6.54 Å². The molecule has 0 spiro atoms. The van der Waals surface area contributed by atoms with Gasteiger partial charge in [0.15, 0.2) is 0 Å². The van der Waals surface area contributed by atoms with Crippen LogP contribution in [0, 0.1) is 18.2 Å². The number of hydrogen-bond acceptors (Lipinski definition) is 1. The van der Waals surface area contributed by atoms with E-state index in [1.165, 1.54) is 6.07 Å². The Morgan fingerprint density at radius 3 is 2.71 bits per heavy atom. The number of terminal acetylenes is 1. The smallest absolute Gasteiger partial charge is 0.127 e. The molecule has 3 heteroatoms. The second-order valence-electron chi connectivity index (χ2n) is 2.83. The number of hydrogen-bond donors (Lipinski definition) is 1. The van der Waals surface area contributed by atoms with Crippen molar-refractivity contribution in [3.63, 3.8) is 0 Å². The maximum Gasteiger partial charge on any atom is 0.127 e. The van der Waals surface area contributed by atoms with Crippen LogP contribution in [0.2, 0.25) is 0 Å². The molecule has 0 aliphatic carbocycles. The van der Waals surface area contributed by atoms with Gasteiger partial charge in [-0.15, -0.1) is 18.8 Å². The largest absolute Gasteiger partial charge is 0.299 e. The Morgan fingerprint density at radius 2 is 2.14 bits per heavy atom. The Morgan fingerprint density at radius 1 is 1.50 bits per heavy atom. The molecular weight excluding hydrogens is 201 g/mol. The number of halogens is 2. The van der Waals surface area contributed by atoms with Gasteiger partial charge in [0.1, 0.15) is 5.82 Å². The molecule has 0 radical (unpaired) electrons. The minimum absolute atomic E-state index is 0. The van der Waals surface area contributed by atoms with Gasteiger partial charge in [0, 0.05) is 11.6 Å². The van der Waals surface area contributed by atoms with Crippen LogP contribution in [0.5, 0.6) is 0 Å². The molecule has 1 aromatic carbocycles. The first kappa shape index (κ1) is 13.0. The summed E-state index contributed by atoms with van der Waals surface area (Å²) >= 11 is 0.